The average molecular weight is 298 g/mol. The maximum atomic E-state index is 6.29. The Labute approximate surface area is 131 Å². The van der Waals surface area contributed by atoms with Gasteiger partial charge in [-0.15, -0.1) is 0 Å². The van der Waals surface area contributed by atoms with Gasteiger partial charge in [0, 0.05) is 17.5 Å². The molecule has 0 aromatic heterocycles. The smallest absolute Gasteiger partial charge is 0.0409 e. The van der Waals surface area contributed by atoms with E-state index in [1.165, 1.54) is 29.7 Å². The monoisotopic (exact) mass is 297 g/mol. The molecular weight excluding hydrogens is 278 g/mol. The Bertz CT molecular complexity index is 679. The Balaban J connectivity index is 1.91. The predicted molar refractivity (Wildman–Crippen MR) is 88.3 cm³/mol. The van der Waals surface area contributed by atoms with Crippen molar-refractivity contribution in [2.45, 2.75) is 24.7 Å². The molecule has 2 atom stereocenters. The molecule has 1 aliphatic carbocycles. The van der Waals surface area contributed by atoms with Crippen LogP contribution in [0.1, 0.15) is 40.5 Å². The number of fused-ring (bicyclic) bond motifs is 5. The van der Waals surface area contributed by atoms with Gasteiger partial charge in [0.1, 0.15) is 0 Å². The normalized spacial score (nSPS) is 24.7. The van der Waals surface area contributed by atoms with Crippen molar-refractivity contribution in [2.75, 3.05) is 20.1 Å². The highest BCUT2D eigenvalue weighted by molar-refractivity contribution is 6.30. The Hall–Kier alpha value is -1.31. The summed E-state index contributed by atoms with van der Waals surface area (Å²) < 4.78 is 0. The molecule has 2 aromatic rings. The van der Waals surface area contributed by atoms with Crippen molar-refractivity contribution in [1.29, 1.82) is 0 Å². The summed E-state index contributed by atoms with van der Waals surface area (Å²) in [7, 11) is 2.24. The van der Waals surface area contributed by atoms with Crippen LogP contribution in [0.5, 0.6) is 0 Å². The summed E-state index contributed by atoms with van der Waals surface area (Å²) in [4.78, 5) is 2.47. The lowest BCUT2D eigenvalue weighted by Crippen LogP contribution is -2.35. The lowest BCUT2D eigenvalue weighted by molar-refractivity contribution is 0.227. The second kappa shape index (κ2) is 5.15. The van der Waals surface area contributed by atoms with Crippen LogP contribution in [0.2, 0.25) is 5.02 Å². The molecule has 21 heavy (non-hydrogen) atoms. The van der Waals surface area contributed by atoms with Gasteiger partial charge in [0.2, 0.25) is 0 Å². The zero-order valence-electron chi connectivity index (χ0n) is 12.3. The molecule has 0 radical (unpaired) electrons. The molecule has 1 heterocycles. The second-order valence-corrected chi connectivity index (χ2v) is 6.92. The van der Waals surface area contributed by atoms with Gasteiger partial charge in [-0.25, -0.2) is 0 Å². The van der Waals surface area contributed by atoms with Gasteiger partial charge >= 0.3 is 0 Å². The highest BCUT2D eigenvalue weighted by Gasteiger charge is 2.34. The minimum atomic E-state index is 0.597. The van der Waals surface area contributed by atoms with Gasteiger partial charge in [-0.1, -0.05) is 41.9 Å². The van der Waals surface area contributed by atoms with Gasteiger partial charge in [-0.2, -0.15) is 0 Å². The minimum absolute atomic E-state index is 0.597. The van der Waals surface area contributed by atoms with Crippen LogP contribution in [0.15, 0.2) is 42.5 Å². The molecule has 2 aromatic carbocycles. The number of piperidine rings is 1. The third kappa shape index (κ3) is 2.29. The van der Waals surface area contributed by atoms with E-state index < -0.39 is 0 Å². The summed E-state index contributed by atoms with van der Waals surface area (Å²) in [5.41, 5.74) is 5.98. The van der Waals surface area contributed by atoms with Crippen molar-refractivity contribution in [3.05, 3.63) is 69.7 Å². The summed E-state index contributed by atoms with van der Waals surface area (Å²) in [6.07, 6.45) is 2.27. The topological polar surface area (TPSA) is 3.24 Å². The number of likely N-dealkylation sites (tertiary alicyclic amines) is 1. The summed E-state index contributed by atoms with van der Waals surface area (Å²) >= 11 is 6.29. The van der Waals surface area contributed by atoms with Gasteiger partial charge in [0.25, 0.3) is 0 Å². The first-order valence-corrected chi connectivity index (χ1v) is 8.15. The molecule has 1 aliphatic heterocycles. The maximum absolute atomic E-state index is 6.29. The third-order valence-electron chi connectivity index (χ3n) is 5.16. The Morgan fingerprint density at radius 3 is 2.71 bits per heavy atom. The average Bonchev–Trinajstić information content (AvgIpc) is 2.62. The number of benzene rings is 2. The van der Waals surface area contributed by atoms with Crippen LogP contribution in [0.4, 0.5) is 0 Å². The van der Waals surface area contributed by atoms with Crippen molar-refractivity contribution < 1.29 is 0 Å². The molecule has 0 bridgehead atoms. The molecule has 2 heteroatoms. The van der Waals surface area contributed by atoms with Gasteiger partial charge in [-0.05, 0) is 66.7 Å². The first kappa shape index (κ1) is 13.4. The highest BCUT2D eigenvalue weighted by atomic mass is 35.5. The molecule has 0 spiro atoms. The standard InChI is InChI=1S/C19H20ClN/c1-21-9-8-17-18-11-15(20)7-6-14(18)10-13-4-2-3-5-16(13)19(17)12-21/h2-7,11,17,19H,8-10,12H2,1H3. The summed E-state index contributed by atoms with van der Waals surface area (Å²) in [6.45, 7) is 2.32. The van der Waals surface area contributed by atoms with Crippen LogP contribution in [-0.2, 0) is 6.42 Å². The number of rotatable bonds is 0. The molecule has 1 saturated heterocycles. The van der Waals surface area contributed by atoms with E-state index in [2.05, 4.69) is 48.3 Å². The SMILES string of the molecule is CN1CCC2c3cc(Cl)ccc3Cc3ccccc3C2C1. The molecule has 1 nitrogen and oxygen atoms in total. The predicted octanol–water partition coefficient (Wildman–Crippen LogP) is 4.45. The van der Waals surface area contributed by atoms with E-state index in [1.807, 2.05) is 6.07 Å². The number of nitrogens with zero attached hydrogens (tertiary/aromatic N) is 1. The van der Waals surface area contributed by atoms with Crippen molar-refractivity contribution in [3.63, 3.8) is 0 Å². The van der Waals surface area contributed by atoms with Crippen LogP contribution >= 0.6 is 11.6 Å². The Kier molecular flexibility index (Phi) is 3.28. The largest absolute Gasteiger partial charge is 0.306 e. The van der Waals surface area contributed by atoms with Gasteiger partial charge < -0.3 is 4.90 Å². The molecule has 4 rings (SSSR count). The fourth-order valence-corrected chi connectivity index (χ4v) is 4.32. The molecule has 1 fully saturated rings. The zero-order valence-corrected chi connectivity index (χ0v) is 13.1. The van der Waals surface area contributed by atoms with Crippen LogP contribution in [0, 0.1) is 0 Å². The van der Waals surface area contributed by atoms with E-state index in [9.17, 15) is 0 Å². The van der Waals surface area contributed by atoms with Crippen LogP contribution in [-0.4, -0.2) is 25.0 Å². The van der Waals surface area contributed by atoms with E-state index in [1.54, 1.807) is 5.56 Å². The molecule has 0 amide bonds. The van der Waals surface area contributed by atoms with E-state index in [0.29, 0.717) is 11.8 Å². The summed E-state index contributed by atoms with van der Waals surface area (Å²) in [5, 5.41) is 0.873. The van der Waals surface area contributed by atoms with Gasteiger partial charge in [0.15, 0.2) is 0 Å². The lowest BCUT2D eigenvalue weighted by Gasteiger charge is -2.37. The fraction of sp³-hybridized carbons (Fsp3) is 0.368. The van der Waals surface area contributed by atoms with Crippen LogP contribution in [0.3, 0.4) is 0 Å². The molecule has 2 aliphatic rings. The molecule has 108 valence electrons. The first-order valence-electron chi connectivity index (χ1n) is 7.77. The maximum Gasteiger partial charge on any atom is 0.0409 e. The van der Waals surface area contributed by atoms with E-state index in [4.69, 9.17) is 11.6 Å². The van der Waals surface area contributed by atoms with E-state index in [0.717, 1.165) is 18.0 Å². The van der Waals surface area contributed by atoms with Crippen molar-refractivity contribution >= 4 is 11.6 Å². The Morgan fingerprint density at radius 2 is 1.81 bits per heavy atom. The van der Waals surface area contributed by atoms with Crippen molar-refractivity contribution in [3.8, 4) is 0 Å². The van der Waals surface area contributed by atoms with Crippen molar-refractivity contribution in [1.82, 2.24) is 4.90 Å². The molecule has 0 N–H and O–H groups in total. The lowest BCUT2D eigenvalue weighted by atomic mass is 9.77. The van der Waals surface area contributed by atoms with Crippen LogP contribution < -0.4 is 0 Å². The zero-order chi connectivity index (χ0) is 14.4. The molecular formula is C19H20ClN. The summed E-state index contributed by atoms with van der Waals surface area (Å²) in [6, 6.07) is 15.5. The van der Waals surface area contributed by atoms with Crippen LogP contribution in [0.25, 0.3) is 0 Å². The molecule has 2 unspecified atom stereocenters. The first-order chi connectivity index (χ1) is 10.2. The fourth-order valence-electron chi connectivity index (χ4n) is 4.14. The van der Waals surface area contributed by atoms with E-state index in [-0.39, 0.29) is 0 Å². The summed E-state index contributed by atoms with van der Waals surface area (Å²) in [5.74, 6) is 1.21. The quantitative estimate of drug-likeness (QED) is 0.694. The number of hydrogen-bond acceptors (Lipinski definition) is 1. The third-order valence-corrected chi connectivity index (χ3v) is 5.39. The highest BCUT2D eigenvalue weighted by Crippen LogP contribution is 2.45. The van der Waals surface area contributed by atoms with E-state index >= 15 is 0 Å². The number of hydrogen-bond donors (Lipinski definition) is 0. The van der Waals surface area contributed by atoms with Crippen molar-refractivity contribution in [2.24, 2.45) is 0 Å². The second-order valence-electron chi connectivity index (χ2n) is 6.48. The number of likely N-dealkylation sites (N-methyl/N-ethyl adjacent to an activating group) is 1. The molecule has 0 saturated carbocycles. The van der Waals surface area contributed by atoms with Gasteiger partial charge in [0.05, 0.1) is 0 Å². The Morgan fingerprint density at radius 1 is 1.00 bits per heavy atom. The minimum Gasteiger partial charge on any atom is -0.306 e. The number of halogens is 1. The van der Waals surface area contributed by atoms with Gasteiger partial charge in [-0.3, -0.25) is 0 Å².